The molecule has 2 aliphatic rings. The number of nitrogens with one attached hydrogen (secondary N) is 1. The molecule has 10 heteroatoms. The maximum Gasteiger partial charge on any atom is 0.270 e. The van der Waals surface area contributed by atoms with E-state index in [0.717, 1.165) is 12.8 Å². The van der Waals surface area contributed by atoms with Crippen LogP contribution in [0.5, 0.6) is 5.88 Å². The van der Waals surface area contributed by atoms with E-state index in [1.165, 1.54) is 15.2 Å². The molecule has 4 rings (SSSR count). The molecular weight excluding hydrogens is 414 g/mol. The summed E-state index contributed by atoms with van der Waals surface area (Å²) in [7, 11) is 0. The van der Waals surface area contributed by atoms with Gasteiger partial charge in [0.05, 0.1) is 18.9 Å². The minimum atomic E-state index is -0.595. The smallest absolute Gasteiger partial charge is 0.270 e. The van der Waals surface area contributed by atoms with E-state index in [1.807, 2.05) is 13.8 Å². The fourth-order valence-electron chi connectivity index (χ4n) is 3.82. The van der Waals surface area contributed by atoms with Gasteiger partial charge in [-0.25, -0.2) is 0 Å². The molecule has 1 aliphatic carbocycles. The molecule has 1 saturated heterocycles. The number of amides is 2. The molecule has 2 N–H and O–H groups in total. The molecule has 1 aliphatic heterocycles. The second kappa shape index (κ2) is 8.78. The van der Waals surface area contributed by atoms with E-state index < -0.39 is 17.3 Å². The first-order valence-corrected chi connectivity index (χ1v) is 11.0. The van der Waals surface area contributed by atoms with Gasteiger partial charge in [0, 0.05) is 37.3 Å². The Kier molecular flexibility index (Phi) is 6.05. The number of morpholine rings is 1. The van der Waals surface area contributed by atoms with Crippen molar-refractivity contribution < 1.29 is 19.4 Å². The highest BCUT2D eigenvalue weighted by Crippen LogP contribution is 2.25. The Bertz CT molecular complexity index is 1140. The molecule has 2 fully saturated rings. The van der Waals surface area contributed by atoms with Gasteiger partial charge in [-0.15, -0.1) is 0 Å². The van der Waals surface area contributed by atoms with Crippen LogP contribution in [0.25, 0.3) is 11.7 Å². The predicted octanol–water partition coefficient (Wildman–Crippen LogP) is 0.930. The van der Waals surface area contributed by atoms with Gasteiger partial charge < -0.3 is 20.1 Å². The third-order valence-corrected chi connectivity index (χ3v) is 5.62. The highest BCUT2D eigenvalue weighted by Gasteiger charge is 2.30. The molecule has 1 saturated carbocycles. The van der Waals surface area contributed by atoms with Crippen LogP contribution < -0.4 is 10.9 Å². The zero-order valence-electron chi connectivity index (χ0n) is 18.6. The number of hydrogen-bond acceptors (Lipinski definition) is 6. The first-order chi connectivity index (χ1) is 15.3. The lowest BCUT2D eigenvalue weighted by atomic mass is 10.1. The number of carbonyl (C=O) groups is 2. The molecule has 2 aromatic heterocycles. The summed E-state index contributed by atoms with van der Waals surface area (Å²) in [5, 5.41) is 18.0. The number of aromatic nitrogens is 3. The Balaban J connectivity index is 1.81. The number of hydrogen-bond donors (Lipinski definition) is 2. The molecule has 3 heterocycles. The Morgan fingerprint density at radius 3 is 2.59 bits per heavy atom. The van der Waals surface area contributed by atoms with E-state index in [-0.39, 0.29) is 23.4 Å². The quantitative estimate of drug-likeness (QED) is 0.642. The van der Waals surface area contributed by atoms with Gasteiger partial charge in [0.2, 0.25) is 11.8 Å². The molecule has 172 valence electrons. The van der Waals surface area contributed by atoms with Crippen LogP contribution in [0, 0.1) is 12.8 Å². The summed E-state index contributed by atoms with van der Waals surface area (Å²) in [4.78, 5) is 40.3. The van der Waals surface area contributed by atoms with Crippen LogP contribution in [0.15, 0.2) is 10.9 Å². The molecule has 0 bridgehead atoms. The Morgan fingerprint density at radius 2 is 1.97 bits per heavy atom. The summed E-state index contributed by atoms with van der Waals surface area (Å²) in [6, 6.07) is 0.0413. The van der Waals surface area contributed by atoms with Crippen LogP contribution in [0.3, 0.4) is 0 Å². The molecular formula is C22H29N5O5. The fraction of sp³-hybridized carbons (Fsp3) is 0.545. The second-order valence-corrected chi connectivity index (χ2v) is 8.76. The van der Waals surface area contributed by atoms with E-state index in [1.54, 1.807) is 17.9 Å². The molecule has 2 amide bonds. The summed E-state index contributed by atoms with van der Waals surface area (Å²) < 4.78 is 7.97. The van der Waals surface area contributed by atoms with E-state index in [4.69, 9.17) is 4.74 Å². The van der Waals surface area contributed by atoms with Crippen LogP contribution in [-0.4, -0.2) is 68.3 Å². The number of carbonyl (C=O) groups excluding carboxylic acids is 2. The van der Waals surface area contributed by atoms with E-state index in [9.17, 15) is 19.5 Å². The highest BCUT2D eigenvalue weighted by atomic mass is 16.5. The van der Waals surface area contributed by atoms with Crippen molar-refractivity contribution in [2.45, 2.75) is 46.2 Å². The second-order valence-electron chi connectivity index (χ2n) is 8.76. The van der Waals surface area contributed by atoms with Crippen molar-refractivity contribution in [2.24, 2.45) is 5.92 Å². The van der Waals surface area contributed by atoms with Crippen molar-refractivity contribution in [1.29, 1.82) is 0 Å². The number of ether oxygens (including phenoxy) is 1. The topological polar surface area (TPSA) is 118 Å². The van der Waals surface area contributed by atoms with Gasteiger partial charge in [-0.05, 0) is 31.8 Å². The molecule has 10 nitrogen and oxygen atoms in total. The van der Waals surface area contributed by atoms with Crippen molar-refractivity contribution in [1.82, 2.24) is 24.4 Å². The highest BCUT2D eigenvalue weighted by molar-refractivity contribution is 5.97. The van der Waals surface area contributed by atoms with Gasteiger partial charge in [-0.2, -0.15) is 9.61 Å². The van der Waals surface area contributed by atoms with Crippen LogP contribution in [0.1, 0.15) is 48.3 Å². The lowest BCUT2D eigenvalue weighted by molar-refractivity contribution is -0.129. The molecule has 0 atom stereocenters. The Labute approximate surface area is 185 Å². The number of rotatable bonds is 6. The maximum absolute atomic E-state index is 13.3. The van der Waals surface area contributed by atoms with Crippen molar-refractivity contribution in [3.63, 3.8) is 0 Å². The molecule has 32 heavy (non-hydrogen) atoms. The maximum atomic E-state index is 13.3. The van der Waals surface area contributed by atoms with Crippen molar-refractivity contribution in [3.8, 4) is 5.88 Å². The molecule has 0 aromatic carbocycles. The van der Waals surface area contributed by atoms with Gasteiger partial charge >= 0.3 is 0 Å². The summed E-state index contributed by atoms with van der Waals surface area (Å²) in [5.41, 5.74) is 0.549. The lowest BCUT2D eigenvalue weighted by Crippen LogP contribution is -2.39. The Hall–Kier alpha value is -3.14. The monoisotopic (exact) mass is 443 g/mol. The third kappa shape index (κ3) is 4.27. The summed E-state index contributed by atoms with van der Waals surface area (Å²) >= 11 is 0. The van der Waals surface area contributed by atoms with Gasteiger partial charge in [0.15, 0.2) is 5.56 Å². The molecule has 0 radical (unpaired) electrons. The number of nitrogens with zero attached hydrogens (tertiary/aromatic N) is 4. The summed E-state index contributed by atoms with van der Waals surface area (Å²) in [6.07, 6.45) is 4.79. The first-order valence-electron chi connectivity index (χ1n) is 11.0. The van der Waals surface area contributed by atoms with Crippen LogP contribution in [0.2, 0.25) is 0 Å². The minimum Gasteiger partial charge on any atom is -0.492 e. The first kappa shape index (κ1) is 22.1. The van der Waals surface area contributed by atoms with E-state index >= 15 is 0 Å². The van der Waals surface area contributed by atoms with Gasteiger partial charge in [-0.3, -0.25) is 19.0 Å². The average molecular weight is 444 g/mol. The van der Waals surface area contributed by atoms with Crippen LogP contribution in [0.4, 0.5) is 0 Å². The number of aryl methyl sites for hydroxylation is 1. The molecule has 0 spiro atoms. The van der Waals surface area contributed by atoms with Crippen LogP contribution >= 0.6 is 0 Å². The molecule has 0 unspecified atom stereocenters. The normalized spacial score (nSPS) is 16.9. The number of aromatic hydroxyl groups is 1. The largest absolute Gasteiger partial charge is 0.492 e. The summed E-state index contributed by atoms with van der Waals surface area (Å²) in [5.74, 6) is -1.15. The molecule has 2 aromatic rings. The standard InChI is InChI=1S/C22H29N5O5/c1-13(2)12-26-20-16(6-7-17(28)25-8-10-32-11-9-25)14(3)24-27(20)22(31)18(21(26)30)19(29)23-15-4-5-15/h6-7,13,15,31H,4-5,8-12H2,1-3H3,(H,23,29)/b7-6+. The SMILES string of the molecule is Cc1nn2c(O)c(C(=O)NC3CC3)c(=O)n(CC(C)C)c2c1/C=C/C(=O)N1CCOCC1. The van der Waals surface area contributed by atoms with E-state index in [0.29, 0.717) is 49.8 Å². The third-order valence-electron chi connectivity index (χ3n) is 5.62. The van der Waals surface area contributed by atoms with Gasteiger partial charge in [0.25, 0.3) is 11.5 Å². The van der Waals surface area contributed by atoms with Gasteiger partial charge in [-0.1, -0.05) is 13.8 Å². The summed E-state index contributed by atoms with van der Waals surface area (Å²) in [6.45, 7) is 8.03. The zero-order chi connectivity index (χ0) is 23.0. The van der Waals surface area contributed by atoms with Crippen LogP contribution in [-0.2, 0) is 16.1 Å². The number of fused-ring (bicyclic) bond motifs is 1. The van der Waals surface area contributed by atoms with E-state index in [2.05, 4.69) is 10.4 Å². The minimum absolute atomic E-state index is 0.0413. The van der Waals surface area contributed by atoms with Gasteiger partial charge in [0.1, 0.15) is 5.65 Å². The van der Waals surface area contributed by atoms with Crippen molar-refractivity contribution >= 4 is 23.5 Å². The zero-order valence-corrected chi connectivity index (χ0v) is 18.6. The average Bonchev–Trinajstić information content (AvgIpc) is 3.50. The predicted molar refractivity (Wildman–Crippen MR) is 118 cm³/mol. The fourth-order valence-corrected chi connectivity index (χ4v) is 3.82. The lowest BCUT2D eigenvalue weighted by Gasteiger charge is -2.25. The Morgan fingerprint density at radius 1 is 1.28 bits per heavy atom. The van der Waals surface area contributed by atoms with Crippen molar-refractivity contribution in [2.75, 3.05) is 26.3 Å². The van der Waals surface area contributed by atoms with Crippen molar-refractivity contribution in [3.05, 3.63) is 33.3 Å².